The fourth-order valence-electron chi connectivity index (χ4n) is 3.56. The molecule has 1 aliphatic heterocycles. The minimum absolute atomic E-state index is 0.923. The van der Waals surface area contributed by atoms with Gasteiger partial charge in [-0.1, -0.05) is 30.3 Å². The number of aromatic nitrogens is 2. The van der Waals surface area contributed by atoms with Crippen LogP contribution < -0.4 is 4.90 Å². The lowest BCUT2D eigenvalue weighted by Crippen LogP contribution is -2.44. The molecule has 2 heterocycles. The molecule has 0 radical (unpaired) electrons. The maximum absolute atomic E-state index is 4.43. The molecule has 1 aromatic heterocycles. The molecule has 0 atom stereocenters. The Balaban J connectivity index is 1.80. The molecule has 0 bridgehead atoms. The van der Waals surface area contributed by atoms with E-state index in [1.165, 1.54) is 27.9 Å². The third-order valence-corrected chi connectivity index (χ3v) is 5.43. The van der Waals surface area contributed by atoms with Crippen LogP contribution in [0, 0.1) is 13.8 Å². The van der Waals surface area contributed by atoms with Crippen molar-refractivity contribution in [3.05, 3.63) is 59.9 Å². The molecule has 4 nitrogen and oxygen atoms in total. The number of hydrogen-bond donors (Lipinski definition) is 1. The minimum Gasteiger partial charge on any atom is -0.368 e. The second-order valence-electron chi connectivity index (χ2n) is 7.26. The molecular formula is C22H26N4. The van der Waals surface area contributed by atoms with Crippen molar-refractivity contribution in [3.8, 4) is 22.5 Å². The topological polar surface area (TPSA) is 35.2 Å². The van der Waals surface area contributed by atoms with E-state index >= 15 is 0 Å². The van der Waals surface area contributed by atoms with Gasteiger partial charge in [0.2, 0.25) is 0 Å². The van der Waals surface area contributed by atoms with Gasteiger partial charge in [0, 0.05) is 55.4 Å². The molecule has 26 heavy (non-hydrogen) atoms. The van der Waals surface area contributed by atoms with E-state index in [1.807, 2.05) is 12.4 Å². The van der Waals surface area contributed by atoms with Crippen molar-refractivity contribution in [2.75, 3.05) is 38.1 Å². The minimum atomic E-state index is 0.923. The highest BCUT2D eigenvalue weighted by Crippen LogP contribution is 2.35. The maximum atomic E-state index is 4.43. The van der Waals surface area contributed by atoms with Crippen LogP contribution in [0.2, 0.25) is 0 Å². The quantitative estimate of drug-likeness (QED) is 0.775. The Labute approximate surface area is 155 Å². The first kappa shape index (κ1) is 16.9. The molecule has 1 aliphatic rings. The summed E-state index contributed by atoms with van der Waals surface area (Å²) in [6, 6.07) is 13.5. The van der Waals surface area contributed by atoms with Gasteiger partial charge in [0.1, 0.15) is 5.82 Å². The van der Waals surface area contributed by atoms with Gasteiger partial charge in [-0.25, -0.2) is 4.98 Å². The van der Waals surface area contributed by atoms with Gasteiger partial charge in [0.15, 0.2) is 0 Å². The standard InChI is InChI=1S/C22H26N4/c1-16-4-5-18(14-17(16)2)20-7-6-19(22-23-8-9-24-22)15-21(20)26-12-10-25(3)11-13-26/h4-9,14-15H,10-13H2,1-3H3,(H,23,24). The molecule has 4 heteroatoms. The van der Waals surface area contributed by atoms with E-state index < -0.39 is 0 Å². The summed E-state index contributed by atoms with van der Waals surface area (Å²) in [6.07, 6.45) is 3.68. The van der Waals surface area contributed by atoms with Crippen LogP contribution >= 0.6 is 0 Å². The molecule has 2 aromatic carbocycles. The number of nitrogens with one attached hydrogen (secondary N) is 1. The molecule has 0 amide bonds. The number of benzene rings is 2. The van der Waals surface area contributed by atoms with E-state index in [0.717, 1.165) is 37.6 Å². The Morgan fingerprint density at radius 1 is 0.885 bits per heavy atom. The molecule has 0 unspecified atom stereocenters. The van der Waals surface area contributed by atoms with Crippen molar-refractivity contribution in [2.45, 2.75) is 13.8 Å². The monoisotopic (exact) mass is 346 g/mol. The van der Waals surface area contributed by atoms with Crippen molar-refractivity contribution in [3.63, 3.8) is 0 Å². The predicted molar refractivity (Wildman–Crippen MR) is 109 cm³/mol. The second-order valence-corrected chi connectivity index (χ2v) is 7.26. The smallest absolute Gasteiger partial charge is 0.137 e. The van der Waals surface area contributed by atoms with Crippen molar-refractivity contribution in [1.82, 2.24) is 14.9 Å². The molecule has 0 spiro atoms. The number of H-pyrrole nitrogens is 1. The molecule has 4 rings (SSSR count). The summed E-state index contributed by atoms with van der Waals surface area (Å²) in [5, 5.41) is 0. The van der Waals surface area contributed by atoms with Gasteiger partial charge in [-0.05, 0) is 43.7 Å². The number of piperazine rings is 1. The van der Waals surface area contributed by atoms with Gasteiger partial charge in [-0.15, -0.1) is 0 Å². The van der Waals surface area contributed by atoms with Gasteiger partial charge in [0.25, 0.3) is 0 Å². The summed E-state index contributed by atoms with van der Waals surface area (Å²) in [6.45, 7) is 8.65. The third-order valence-electron chi connectivity index (χ3n) is 5.43. The number of aryl methyl sites for hydroxylation is 2. The van der Waals surface area contributed by atoms with E-state index in [-0.39, 0.29) is 0 Å². The highest BCUT2D eigenvalue weighted by Gasteiger charge is 2.19. The maximum Gasteiger partial charge on any atom is 0.137 e. The summed E-state index contributed by atoms with van der Waals surface area (Å²) in [7, 11) is 2.20. The Morgan fingerprint density at radius 2 is 1.65 bits per heavy atom. The average Bonchev–Trinajstić information content (AvgIpc) is 3.19. The van der Waals surface area contributed by atoms with E-state index in [1.54, 1.807) is 0 Å². The lowest BCUT2D eigenvalue weighted by molar-refractivity contribution is 0.313. The molecular weight excluding hydrogens is 320 g/mol. The number of aromatic amines is 1. The zero-order chi connectivity index (χ0) is 18.1. The number of nitrogens with zero attached hydrogens (tertiary/aromatic N) is 3. The van der Waals surface area contributed by atoms with E-state index in [0.29, 0.717) is 0 Å². The van der Waals surface area contributed by atoms with E-state index in [4.69, 9.17) is 0 Å². The van der Waals surface area contributed by atoms with Gasteiger partial charge < -0.3 is 14.8 Å². The molecule has 134 valence electrons. The summed E-state index contributed by atoms with van der Waals surface area (Å²) in [5.74, 6) is 0.923. The first-order valence-corrected chi connectivity index (χ1v) is 9.27. The Kier molecular flexibility index (Phi) is 4.51. The number of anilines is 1. The SMILES string of the molecule is Cc1ccc(-c2ccc(-c3ncc[nH]3)cc2N2CCN(C)CC2)cc1C. The van der Waals surface area contributed by atoms with Crippen LogP contribution in [0.25, 0.3) is 22.5 Å². The number of hydrogen-bond acceptors (Lipinski definition) is 3. The molecule has 1 N–H and O–H groups in total. The number of likely N-dealkylation sites (N-methyl/N-ethyl adjacent to an activating group) is 1. The molecule has 1 fully saturated rings. The second kappa shape index (κ2) is 6.96. The fraction of sp³-hybridized carbons (Fsp3) is 0.318. The zero-order valence-electron chi connectivity index (χ0n) is 15.8. The normalized spacial score (nSPS) is 15.4. The Bertz CT molecular complexity index is 891. The lowest BCUT2D eigenvalue weighted by Gasteiger charge is -2.35. The van der Waals surface area contributed by atoms with Crippen molar-refractivity contribution < 1.29 is 0 Å². The van der Waals surface area contributed by atoms with Crippen molar-refractivity contribution in [1.29, 1.82) is 0 Å². The van der Waals surface area contributed by atoms with Crippen LogP contribution in [0.3, 0.4) is 0 Å². The van der Waals surface area contributed by atoms with Crippen molar-refractivity contribution >= 4 is 5.69 Å². The van der Waals surface area contributed by atoms with Crippen LogP contribution in [-0.4, -0.2) is 48.1 Å². The first-order chi connectivity index (χ1) is 12.6. The molecule has 1 saturated heterocycles. The predicted octanol–water partition coefficient (Wildman–Crippen LogP) is 4.11. The average molecular weight is 346 g/mol. The summed E-state index contributed by atoms with van der Waals surface area (Å²) < 4.78 is 0. The highest BCUT2D eigenvalue weighted by atomic mass is 15.2. The number of rotatable bonds is 3. The van der Waals surface area contributed by atoms with Gasteiger partial charge in [0.05, 0.1) is 0 Å². The van der Waals surface area contributed by atoms with E-state index in [2.05, 4.69) is 77.1 Å². The molecule has 0 saturated carbocycles. The Hall–Kier alpha value is -2.59. The van der Waals surface area contributed by atoms with Crippen LogP contribution in [0.5, 0.6) is 0 Å². The van der Waals surface area contributed by atoms with Crippen LogP contribution in [0.1, 0.15) is 11.1 Å². The molecule has 3 aromatic rings. The summed E-state index contributed by atoms with van der Waals surface area (Å²) in [5.41, 5.74) is 7.69. The van der Waals surface area contributed by atoms with Crippen LogP contribution in [0.4, 0.5) is 5.69 Å². The summed E-state index contributed by atoms with van der Waals surface area (Å²) >= 11 is 0. The Morgan fingerprint density at radius 3 is 2.35 bits per heavy atom. The summed E-state index contributed by atoms with van der Waals surface area (Å²) in [4.78, 5) is 12.6. The molecule has 0 aliphatic carbocycles. The highest BCUT2D eigenvalue weighted by molar-refractivity contribution is 5.83. The fourth-order valence-corrected chi connectivity index (χ4v) is 3.56. The van der Waals surface area contributed by atoms with Gasteiger partial charge >= 0.3 is 0 Å². The van der Waals surface area contributed by atoms with Gasteiger partial charge in [-0.3, -0.25) is 0 Å². The largest absolute Gasteiger partial charge is 0.368 e. The van der Waals surface area contributed by atoms with Crippen LogP contribution in [-0.2, 0) is 0 Å². The van der Waals surface area contributed by atoms with E-state index in [9.17, 15) is 0 Å². The lowest BCUT2D eigenvalue weighted by atomic mass is 9.97. The van der Waals surface area contributed by atoms with Crippen molar-refractivity contribution in [2.24, 2.45) is 0 Å². The van der Waals surface area contributed by atoms with Gasteiger partial charge in [-0.2, -0.15) is 0 Å². The number of imidazole rings is 1. The third kappa shape index (κ3) is 3.25. The zero-order valence-corrected chi connectivity index (χ0v) is 15.8. The first-order valence-electron chi connectivity index (χ1n) is 9.27. The van der Waals surface area contributed by atoms with Crippen LogP contribution in [0.15, 0.2) is 48.8 Å².